The minimum Gasteiger partial charge on any atom is -0.481 e. The first-order chi connectivity index (χ1) is 8.61. The zero-order valence-corrected chi connectivity index (χ0v) is 11.8. The van der Waals surface area contributed by atoms with Gasteiger partial charge in [0, 0.05) is 19.5 Å². The van der Waals surface area contributed by atoms with E-state index in [-0.39, 0.29) is 13.0 Å². The smallest absolute Gasteiger partial charge is 0.410 e. The van der Waals surface area contributed by atoms with Crippen molar-refractivity contribution >= 4 is 12.1 Å². The fraction of sp³-hybridized carbons (Fsp3) is 0.833. The molecule has 19 heavy (non-hydrogen) atoms. The summed E-state index contributed by atoms with van der Waals surface area (Å²) >= 11 is 0. The van der Waals surface area contributed by atoms with Gasteiger partial charge in [-0.2, -0.15) is 10.2 Å². The first-order valence-corrected chi connectivity index (χ1v) is 6.25. The maximum Gasteiger partial charge on any atom is 0.410 e. The van der Waals surface area contributed by atoms with E-state index in [1.165, 1.54) is 4.90 Å². The van der Waals surface area contributed by atoms with E-state index in [0.717, 1.165) is 0 Å². The van der Waals surface area contributed by atoms with Crippen LogP contribution in [0.4, 0.5) is 4.79 Å². The minimum atomic E-state index is -0.944. The zero-order valence-electron chi connectivity index (χ0n) is 11.8. The summed E-state index contributed by atoms with van der Waals surface area (Å²) in [5, 5.41) is 16.4. The van der Waals surface area contributed by atoms with Crippen LogP contribution >= 0.6 is 0 Å². The summed E-state index contributed by atoms with van der Waals surface area (Å²) in [6.45, 7) is 7.68. The van der Waals surface area contributed by atoms with Crippen LogP contribution < -0.4 is 0 Å². The van der Waals surface area contributed by atoms with E-state index < -0.39 is 23.3 Å². The molecule has 0 aromatic rings. The molecule has 0 atom stereocenters. The van der Waals surface area contributed by atoms with Crippen LogP contribution in [-0.2, 0) is 9.53 Å². The molecule has 0 spiro atoms. The largest absolute Gasteiger partial charge is 0.481 e. The van der Waals surface area contributed by atoms with Gasteiger partial charge in [-0.3, -0.25) is 4.79 Å². The Balaban J connectivity index is 2.51. The van der Waals surface area contributed by atoms with Gasteiger partial charge in [0.25, 0.3) is 0 Å². The summed E-state index contributed by atoms with van der Waals surface area (Å²) in [5.41, 5.74) is -1.01. The van der Waals surface area contributed by atoms with Crippen LogP contribution in [0.2, 0.25) is 0 Å². The second-order valence-electron chi connectivity index (χ2n) is 5.78. The van der Waals surface area contributed by atoms with Crippen LogP contribution in [0.15, 0.2) is 10.2 Å². The van der Waals surface area contributed by atoms with Crippen molar-refractivity contribution in [1.82, 2.24) is 4.90 Å². The number of amides is 1. The van der Waals surface area contributed by atoms with Crippen LogP contribution in [0.25, 0.3) is 0 Å². The molecular weight excluding hydrogens is 250 g/mol. The molecule has 0 aromatic carbocycles. The quantitative estimate of drug-likeness (QED) is 0.802. The van der Waals surface area contributed by atoms with Gasteiger partial charge < -0.3 is 14.7 Å². The molecule has 7 nitrogen and oxygen atoms in total. The number of nitrogens with zero attached hydrogens (tertiary/aromatic N) is 3. The average molecular weight is 271 g/mol. The molecule has 0 unspecified atom stereocenters. The SMILES string of the molecule is CC1(CCN(CCC(=O)O)C(=O)OC(C)(C)C)N=N1. The predicted octanol–water partition coefficient (Wildman–Crippen LogP) is 2.27. The molecule has 0 bridgehead atoms. The fourth-order valence-electron chi connectivity index (χ4n) is 1.38. The number of carbonyl (C=O) groups excluding carboxylic acids is 1. The van der Waals surface area contributed by atoms with Crippen molar-refractivity contribution in [3.63, 3.8) is 0 Å². The second-order valence-corrected chi connectivity index (χ2v) is 5.78. The summed E-state index contributed by atoms with van der Waals surface area (Å²) in [7, 11) is 0. The highest BCUT2D eigenvalue weighted by atomic mass is 16.6. The second kappa shape index (κ2) is 5.54. The molecule has 0 saturated carbocycles. The number of ether oxygens (including phenoxy) is 1. The third kappa shape index (κ3) is 6.17. The monoisotopic (exact) mass is 271 g/mol. The predicted molar refractivity (Wildman–Crippen MR) is 67.9 cm³/mol. The Labute approximate surface area is 112 Å². The molecule has 108 valence electrons. The van der Waals surface area contributed by atoms with E-state index in [4.69, 9.17) is 9.84 Å². The fourth-order valence-corrected chi connectivity index (χ4v) is 1.38. The number of hydrogen-bond donors (Lipinski definition) is 1. The van der Waals surface area contributed by atoms with Crippen molar-refractivity contribution in [2.45, 2.75) is 51.8 Å². The molecule has 0 aliphatic carbocycles. The van der Waals surface area contributed by atoms with Crippen LogP contribution in [0, 0.1) is 0 Å². The van der Waals surface area contributed by atoms with Crippen molar-refractivity contribution < 1.29 is 19.4 Å². The van der Waals surface area contributed by atoms with Crippen LogP contribution in [-0.4, -0.2) is 46.4 Å². The van der Waals surface area contributed by atoms with Crippen LogP contribution in [0.5, 0.6) is 0 Å². The van der Waals surface area contributed by atoms with Crippen LogP contribution in [0.3, 0.4) is 0 Å². The molecule has 0 radical (unpaired) electrons. The van der Waals surface area contributed by atoms with Crippen molar-refractivity contribution in [3.05, 3.63) is 0 Å². The summed E-state index contributed by atoms with van der Waals surface area (Å²) < 4.78 is 5.25. The lowest BCUT2D eigenvalue weighted by Gasteiger charge is -2.27. The van der Waals surface area contributed by atoms with Crippen molar-refractivity contribution in [2.75, 3.05) is 13.1 Å². The number of aliphatic carboxylic acids is 1. The minimum absolute atomic E-state index is 0.107. The highest BCUT2D eigenvalue weighted by Crippen LogP contribution is 2.31. The maximum absolute atomic E-state index is 12.0. The van der Waals surface area contributed by atoms with Gasteiger partial charge in [-0.15, -0.1) is 0 Å². The number of hydrogen-bond acceptors (Lipinski definition) is 5. The number of carboxylic acids is 1. The van der Waals surface area contributed by atoms with Crippen molar-refractivity contribution in [1.29, 1.82) is 0 Å². The molecule has 0 aromatic heterocycles. The Hall–Kier alpha value is -1.66. The molecule has 1 rings (SSSR count). The summed E-state index contributed by atoms with van der Waals surface area (Å²) in [6, 6.07) is 0. The van der Waals surface area contributed by atoms with Crippen molar-refractivity contribution in [2.24, 2.45) is 10.2 Å². The molecule has 1 N–H and O–H groups in total. The Morgan fingerprint density at radius 2 is 1.84 bits per heavy atom. The Morgan fingerprint density at radius 1 is 1.26 bits per heavy atom. The van der Waals surface area contributed by atoms with E-state index in [1.54, 1.807) is 20.8 Å². The molecule has 1 amide bonds. The molecule has 0 fully saturated rings. The Morgan fingerprint density at radius 3 is 2.26 bits per heavy atom. The van der Waals surface area contributed by atoms with Gasteiger partial charge >= 0.3 is 12.1 Å². The van der Waals surface area contributed by atoms with Crippen LogP contribution in [0.1, 0.15) is 40.5 Å². The van der Waals surface area contributed by atoms with E-state index in [9.17, 15) is 9.59 Å². The van der Waals surface area contributed by atoms with Gasteiger partial charge in [0.15, 0.2) is 5.66 Å². The van der Waals surface area contributed by atoms with Gasteiger partial charge in [0.1, 0.15) is 5.60 Å². The normalized spacial score (nSPS) is 16.0. The lowest BCUT2D eigenvalue weighted by Crippen LogP contribution is -2.39. The van der Waals surface area contributed by atoms with Gasteiger partial charge in [-0.05, 0) is 27.7 Å². The molecule has 0 saturated heterocycles. The molecular formula is C12H21N3O4. The summed E-state index contributed by atoms with van der Waals surface area (Å²) in [4.78, 5) is 24.0. The first-order valence-electron chi connectivity index (χ1n) is 6.25. The Kier molecular flexibility index (Phi) is 4.49. The summed E-state index contributed by atoms with van der Waals surface area (Å²) in [6.07, 6.45) is -0.0335. The zero-order chi connectivity index (χ0) is 14.7. The number of rotatable bonds is 6. The molecule has 1 aliphatic rings. The van der Waals surface area contributed by atoms with E-state index in [2.05, 4.69) is 10.2 Å². The van der Waals surface area contributed by atoms with E-state index in [0.29, 0.717) is 13.0 Å². The lowest BCUT2D eigenvalue weighted by atomic mass is 10.2. The van der Waals surface area contributed by atoms with E-state index >= 15 is 0 Å². The van der Waals surface area contributed by atoms with Gasteiger partial charge in [-0.25, -0.2) is 4.79 Å². The topological polar surface area (TPSA) is 91.6 Å². The first kappa shape index (κ1) is 15.4. The molecule has 1 heterocycles. The number of carboxylic acid groups (broad SMARTS) is 1. The average Bonchev–Trinajstić information content (AvgIpc) is 2.93. The van der Waals surface area contributed by atoms with Gasteiger partial charge in [0.2, 0.25) is 0 Å². The number of carbonyl (C=O) groups is 2. The third-order valence-corrected chi connectivity index (χ3v) is 2.54. The summed E-state index contributed by atoms with van der Waals surface area (Å²) in [5.74, 6) is -0.944. The molecule has 1 aliphatic heterocycles. The standard InChI is InChI=1S/C12H21N3O4/c1-11(2,3)19-10(18)15(7-5-9(16)17)8-6-12(4)13-14-12/h5-8H2,1-4H3,(H,16,17). The Bertz CT molecular complexity index is 381. The van der Waals surface area contributed by atoms with Gasteiger partial charge in [-0.1, -0.05) is 0 Å². The highest BCUT2D eigenvalue weighted by molar-refractivity contribution is 5.70. The maximum atomic E-state index is 12.0. The van der Waals surface area contributed by atoms with E-state index in [1.807, 2.05) is 6.92 Å². The highest BCUT2D eigenvalue weighted by Gasteiger charge is 2.35. The van der Waals surface area contributed by atoms with Crippen molar-refractivity contribution in [3.8, 4) is 0 Å². The van der Waals surface area contributed by atoms with Gasteiger partial charge in [0.05, 0.1) is 6.42 Å². The third-order valence-electron chi connectivity index (χ3n) is 2.54. The molecule has 7 heteroatoms. The lowest BCUT2D eigenvalue weighted by molar-refractivity contribution is -0.137.